The number of aromatic nitrogens is 1. The minimum Gasteiger partial charge on any atom is -0.391 e. The summed E-state index contributed by atoms with van der Waals surface area (Å²) < 4.78 is 13.7. The highest BCUT2D eigenvalue weighted by Gasteiger charge is 2.26. The van der Waals surface area contributed by atoms with E-state index in [0.29, 0.717) is 39.3 Å². The van der Waals surface area contributed by atoms with Gasteiger partial charge in [-0.15, -0.1) is 0 Å². The van der Waals surface area contributed by atoms with Crippen LogP contribution >= 0.6 is 0 Å². The first-order valence-electron chi connectivity index (χ1n) is 10.3. The third-order valence-electron chi connectivity index (χ3n) is 5.13. The van der Waals surface area contributed by atoms with Crippen molar-refractivity contribution in [3.8, 4) is 0 Å². The van der Waals surface area contributed by atoms with E-state index >= 15 is 0 Å². The number of hydrogen-bond acceptors (Lipinski definition) is 4. The quantitative estimate of drug-likeness (QED) is 0.422. The monoisotopic (exact) mass is 442 g/mol. The minimum atomic E-state index is -1.02. The molecule has 8 nitrogen and oxygen atoms in total. The number of carbonyl (C=O) groups excluding carboxylic acids is 3. The second-order valence-corrected chi connectivity index (χ2v) is 8.16. The van der Waals surface area contributed by atoms with Crippen LogP contribution in [-0.2, 0) is 9.59 Å². The Kier molecular flexibility index (Phi) is 6.78. The van der Waals surface area contributed by atoms with E-state index in [0.717, 1.165) is 0 Å². The van der Waals surface area contributed by atoms with Gasteiger partial charge >= 0.3 is 0 Å². The molecule has 170 valence electrons. The second kappa shape index (κ2) is 9.35. The zero-order valence-electron chi connectivity index (χ0n) is 18.4. The molecule has 1 aromatic carbocycles. The lowest BCUT2D eigenvalue weighted by Crippen LogP contribution is -2.38. The third kappa shape index (κ3) is 5.05. The molecule has 0 aliphatic carbocycles. The predicted octanol–water partition coefficient (Wildman–Crippen LogP) is 2.27. The van der Waals surface area contributed by atoms with E-state index in [9.17, 15) is 23.9 Å². The number of hydrogen-bond donors (Lipinski definition) is 5. The molecular weight excluding hydrogens is 415 g/mol. The zero-order chi connectivity index (χ0) is 23.6. The summed E-state index contributed by atoms with van der Waals surface area (Å²) in [4.78, 5) is 39.9. The van der Waals surface area contributed by atoms with Crippen molar-refractivity contribution in [2.45, 2.75) is 46.3 Å². The van der Waals surface area contributed by atoms with Gasteiger partial charge in [-0.05, 0) is 57.5 Å². The van der Waals surface area contributed by atoms with Gasteiger partial charge in [-0.2, -0.15) is 0 Å². The highest BCUT2D eigenvalue weighted by molar-refractivity contribution is 6.34. The van der Waals surface area contributed by atoms with Crippen molar-refractivity contribution >= 4 is 35.1 Å². The number of halogens is 1. The molecule has 0 spiro atoms. The molecule has 1 aliphatic rings. The Bertz CT molecular complexity index is 1100. The fourth-order valence-corrected chi connectivity index (χ4v) is 3.67. The molecule has 2 aromatic rings. The highest BCUT2D eigenvalue weighted by atomic mass is 19.1. The van der Waals surface area contributed by atoms with E-state index in [1.165, 1.54) is 18.2 Å². The number of aromatic amines is 1. The average molecular weight is 442 g/mol. The number of amides is 3. The van der Waals surface area contributed by atoms with Crippen LogP contribution in [0.25, 0.3) is 11.6 Å². The summed E-state index contributed by atoms with van der Waals surface area (Å²) in [5.74, 6) is -1.51. The lowest BCUT2D eigenvalue weighted by molar-refractivity contribution is -0.123. The zero-order valence-corrected chi connectivity index (χ0v) is 18.4. The first-order valence-corrected chi connectivity index (χ1v) is 10.3. The molecule has 2 heterocycles. The van der Waals surface area contributed by atoms with Gasteiger partial charge in [-0.1, -0.05) is 0 Å². The van der Waals surface area contributed by atoms with E-state index in [2.05, 4.69) is 20.9 Å². The number of aliphatic hydroxyl groups excluding tert-OH is 1. The number of H-pyrrole nitrogens is 1. The van der Waals surface area contributed by atoms with Crippen molar-refractivity contribution in [1.82, 2.24) is 15.6 Å². The average Bonchev–Trinajstić information content (AvgIpc) is 3.15. The van der Waals surface area contributed by atoms with Crippen molar-refractivity contribution in [1.29, 1.82) is 0 Å². The van der Waals surface area contributed by atoms with Gasteiger partial charge in [-0.3, -0.25) is 14.4 Å². The topological polar surface area (TPSA) is 123 Å². The van der Waals surface area contributed by atoms with Gasteiger partial charge in [0.2, 0.25) is 5.91 Å². The third-order valence-corrected chi connectivity index (χ3v) is 5.13. The summed E-state index contributed by atoms with van der Waals surface area (Å²) in [6, 6.07) is 4.03. The molecule has 3 rings (SSSR count). The fraction of sp³-hybridized carbons (Fsp3) is 0.348. The van der Waals surface area contributed by atoms with Crippen molar-refractivity contribution in [2.75, 3.05) is 11.9 Å². The maximum Gasteiger partial charge on any atom is 0.256 e. The summed E-state index contributed by atoms with van der Waals surface area (Å²) in [5.41, 5.74) is 3.39. The molecule has 5 N–H and O–H groups in total. The lowest BCUT2D eigenvalue weighted by Gasteiger charge is -2.13. The number of rotatable bonds is 7. The van der Waals surface area contributed by atoms with Crippen LogP contribution in [0.1, 0.15) is 53.1 Å². The number of aryl methyl sites for hydroxylation is 1. The van der Waals surface area contributed by atoms with Gasteiger partial charge in [0, 0.05) is 35.2 Å². The Balaban J connectivity index is 1.75. The Hall–Kier alpha value is -3.46. The molecule has 1 unspecified atom stereocenters. The first kappa shape index (κ1) is 23.2. The Labute approximate surface area is 185 Å². The number of anilines is 1. The van der Waals surface area contributed by atoms with Gasteiger partial charge < -0.3 is 26.0 Å². The standard InChI is InChI=1S/C23H27FN4O4/c1-11(2)26-20(30)8-15(29)10-25-23(32)21-12(3)19(27-13(21)4)9-17-16-7-14(24)5-6-18(16)28-22(17)31/h5-7,9,11,15,27,29H,8,10H2,1-4H3,(H,25,32)(H,26,30)(H,28,31). The normalized spacial score (nSPS) is 15.0. The summed E-state index contributed by atoms with van der Waals surface area (Å²) >= 11 is 0. The van der Waals surface area contributed by atoms with Crippen LogP contribution < -0.4 is 16.0 Å². The molecule has 1 aliphatic heterocycles. The van der Waals surface area contributed by atoms with Crippen LogP contribution in [0.4, 0.5) is 10.1 Å². The van der Waals surface area contributed by atoms with E-state index in [4.69, 9.17) is 0 Å². The van der Waals surface area contributed by atoms with Gasteiger partial charge in [-0.25, -0.2) is 4.39 Å². The molecule has 0 saturated carbocycles. The lowest BCUT2D eigenvalue weighted by atomic mass is 10.0. The van der Waals surface area contributed by atoms with Crippen molar-refractivity contribution in [2.24, 2.45) is 0 Å². The molecule has 0 radical (unpaired) electrons. The SMILES string of the molecule is Cc1[nH]c(C=C2C(=O)Nc3ccc(F)cc32)c(C)c1C(=O)NCC(O)CC(=O)NC(C)C. The van der Waals surface area contributed by atoms with Crippen molar-refractivity contribution in [3.63, 3.8) is 0 Å². The fourth-order valence-electron chi connectivity index (χ4n) is 3.67. The Morgan fingerprint density at radius 3 is 2.66 bits per heavy atom. The maximum absolute atomic E-state index is 13.7. The number of fused-ring (bicyclic) bond motifs is 1. The molecule has 1 aromatic heterocycles. The number of nitrogens with one attached hydrogen (secondary N) is 4. The molecule has 0 fully saturated rings. The largest absolute Gasteiger partial charge is 0.391 e. The predicted molar refractivity (Wildman–Crippen MR) is 119 cm³/mol. The van der Waals surface area contributed by atoms with Crippen molar-refractivity contribution < 1.29 is 23.9 Å². The maximum atomic E-state index is 13.7. The summed E-state index contributed by atoms with van der Waals surface area (Å²) in [7, 11) is 0. The van der Waals surface area contributed by atoms with Crippen LogP contribution in [0.2, 0.25) is 0 Å². The van der Waals surface area contributed by atoms with Gasteiger partial charge in [0.15, 0.2) is 0 Å². The van der Waals surface area contributed by atoms with Crippen LogP contribution in [0.3, 0.4) is 0 Å². The van der Waals surface area contributed by atoms with E-state index in [1.54, 1.807) is 19.9 Å². The molecular formula is C23H27FN4O4. The highest BCUT2D eigenvalue weighted by Crippen LogP contribution is 2.34. The smallest absolute Gasteiger partial charge is 0.256 e. The molecule has 3 amide bonds. The van der Waals surface area contributed by atoms with Crippen LogP contribution in [0.5, 0.6) is 0 Å². The van der Waals surface area contributed by atoms with Gasteiger partial charge in [0.25, 0.3) is 11.8 Å². The van der Waals surface area contributed by atoms with E-state index in [-0.39, 0.29) is 30.8 Å². The summed E-state index contributed by atoms with van der Waals surface area (Å²) in [6.45, 7) is 7.01. The van der Waals surface area contributed by atoms with Crippen LogP contribution in [-0.4, -0.2) is 46.5 Å². The second-order valence-electron chi connectivity index (χ2n) is 8.16. The van der Waals surface area contributed by atoms with Crippen LogP contribution in [0, 0.1) is 19.7 Å². The van der Waals surface area contributed by atoms with Gasteiger partial charge in [0.05, 0.1) is 23.7 Å². The number of benzene rings is 1. The first-order chi connectivity index (χ1) is 15.1. The Morgan fingerprint density at radius 2 is 1.97 bits per heavy atom. The van der Waals surface area contributed by atoms with Gasteiger partial charge in [0.1, 0.15) is 5.82 Å². The van der Waals surface area contributed by atoms with E-state index in [1.807, 2.05) is 13.8 Å². The number of aliphatic hydroxyl groups is 1. The van der Waals surface area contributed by atoms with E-state index < -0.39 is 17.8 Å². The Morgan fingerprint density at radius 1 is 1.25 bits per heavy atom. The number of carbonyl (C=O) groups is 3. The van der Waals surface area contributed by atoms with Crippen molar-refractivity contribution in [3.05, 3.63) is 52.1 Å². The minimum absolute atomic E-state index is 0.0348. The summed E-state index contributed by atoms with van der Waals surface area (Å²) in [6.07, 6.45) is 0.448. The molecule has 1 atom stereocenters. The molecule has 32 heavy (non-hydrogen) atoms. The summed E-state index contributed by atoms with van der Waals surface area (Å²) in [5, 5.41) is 18.1. The van der Waals surface area contributed by atoms with Crippen LogP contribution in [0.15, 0.2) is 18.2 Å². The molecule has 0 saturated heterocycles. The molecule has 9 heteroatoms. The molecule has 0 bridgehead atoms.